The average Bonchev–Trinajstić information content (AvgIpc) is 3.03. The molecule has 0 aliphatic heterocycles. The number of rotatable bonds is 6. The monoisotopic (exact) mass is 416 g/mol. The summed E-state index contributed by atoms with van der Waals surface area (Å²) >= 11 is 0. The fourth-order valence-electron chi connectivity index (χ4n) is 6.58. The molecule has 3 aliphatic carbocycles. The Kier molecular flexibility index (Phi) is 7.37. The van der Waals surface area contributed by atoms with Gasteiger partial charge in [0.25, 0.3) is 0 Å². The van der Waals surface area contributed by atoms with Gasteiger partial charge in [0.2, 0.25) is 0 Å². The molecule has 3 aliphatic rings. The van der Waals surface area contributed by atoms with E-state index in [0.717, 1.165) is 25.7 Å². The van der Waals surface area contributed by atoms with E-state index in [1.807, 2.05) is 0 Å². The van der Waals surface area contributed by atoms with Gasteiger partial charge in [-0.1, -0.05) is 43.7 Å². The maximum atomic E-state index is 10.3. The summed E-state index contributed by atoms with van der Waals surface area (Å²) in [4.78, 5) is 0. The average molecular weight is 417 g/mol. The largest absolute Gasteiger partial charge is 0.393 e. The van der Waals surface area contributed by atoms with Crippen molar-refractivity contribution in [2.24, 2.45) is 23.2 Å². The van der Waals surface area contributed by atoms with Crippen LogP contribution in [0.4, 0.5) is 0 Å². The summed E-state index contributed by atoms with van der Waals surface area (Å²) in [5.41, 5.74) is 3.34. The van der Waals surface area contributed by atoms with Crippen molar-refractivity contribution in [2.45, 2.75) is 110 Å². The van der Waals surface area contributed by atoms with Gasteiger partial charge in [-0.3, -0.25) is 0 Å². The zero-order valence-electron chi connectivity index (χ0n) is 19.7. The van der Waals surface area contributed by atoms with Crippen molar-refractivity contribution in [1.29, 1.82) is 0 Å². The number of allylic oxidation sites excluding steroid dienone is 4. The second kappa shape index (κ2) is 9.30. The van der Waals surface area contributed by atoms with Gasteiger partial charge in [-0.05, 0) is 107 Å². The Morgan fingerprint density at radius 1 is 1.17 bits per heavy atom. The summed E-state index contributed by atoms with van der Waals surface area (Å²) in [6.07, 6.45) is 14.1. The third-order valence-electron chi connectivity index (χ3n) is 8.62. The highest BCUT2D eigenvalue weighted by Crippen LogP contribution is 2.60. The van der Waals surface area contributed by atoms with Crippen LogP contribution in [0.3, 0.4) is 0 Å². The van der Waals surface area contributed by atoms with E-state index < -0.39 is 11.7 Å². The molecule has 3 saturated carbocycles. The van der Waals surface area contributed by atoms with Crippen molar-refractivity contribution in [3.05, 3.63) is 35.5 Å². The summed E-state index contributed by atoms with van der Waals surface area (Å²) in [5.74, 6) is 1.89. The van der Waals surface area contributed by atoms with Crippen molar-refractivity contribution in [2.75, 3.05) is 0 Å². The highest BCUT2D eigenvalue weighted by Gasteiger charge is 2.50. The predicted octanol–water partition coefficient (Wildman–Crippen LogP) is 5.70. The second-order valence-corrected chi connectivity index (χ2v) is 11.3. The molecule has 3 fully saturated rings. The van der Waals surface area contributed by atoms with Crippen LogP contribution in [0.5, 0.6) is 0 Å². The van der Waals surface area contributed by atoms with Crippen molar-refractivity contribution in [3.8, 4) is 0 Å². The van der Waals surface area contributed by atoms with Crippen molar-refractivity contribution in [1.82, 2.24) is 0 Å². The molecule has 0 saturated heterocycles. The fourth-order valence-corrected chi connectivity index (χ4v) is 6.58. The van der Waals surface area contributed by atoms with Gasteiger partial charge in [-0.2, -0.15) is 0 Å². The molecule has 1 unspecified atom stereocenters. The number of fused-ring (bicyclic) bond motifs is 1. The maximum Gasteiger partial charge on any atom is 0.0849 e. The minimum atomic E-state index is -1.02. The molecule has 0 aromatic heterocycles. The number of aliphatic hydroxyl groups is 3. The highest BCUT2D eigenvalue weighted by molar-refractivity contribution is 5.36. The van der Waals surface area contributed by atoms with Crippen molar-refractivity contribution < 1.29 is 15.3 Å². The van der Waals surface area contributed by atoms with Gasteiger partial charge < -0.3 is 15.3 Å². The maximum absolute atomic E-state index is 10.3. The van der Waals surface area contributed by atoms with Gasteiger partial charge in [0.15, 0.2) is 0 Å². The normalized spacial score (nSPS) is 37.4. The molecule has 6 atom stereocenters. The van der Waals surface area contributed by atoms with E-state index in [1.165, 1.54) is 43.3 Å². The standard InChI is InChI=1S/C27H44O3/c1-18-8-12-22(28)17-21(18)11-10-20-7-6-16-27(5)23(13-14-24(20)27)19(2)9-15-25(29)26(3,4)30/h10-11,19,22-25,28-30H,1,6-9,12-17H2,2-5H3/b20-10-,21-11+/t19-,22+,23-,24+,25?,27-/m1/s1. The van der Waals surface area contributed by atoms with Gasteiger partial charge in [0.1, 0.15) is 0 Å². The van der Waals surface area contributed by atoms with Crippen molar-refractivity contribution >= 4 is 0 Å². The first-order valence-corrected chi connectivity index (χ1v) is 12.2. The topological polar surface area (TPSA) is 60.7 Å². The molecule has 0 spiro atoms. The molecule has 3 rings (SSSR count). The van der Waals surface area contributed by atoms with Crippen LogP contribution in [-0.4, -0.2) is 33.1 Å². The van der Waals surface area contributed by atoms with E-state index >= 15 is 0 Å². The lowest BCUT2D eigenvalue weighted by Gasteiger charge is -2.44. The molecule has 0 amide bonds. The minimum Gasteiger partial charge on any atom is -0.393 e. The summed E-state index contributed by atoms with van der Waals surface area (Å²) in [6, 6.07) is 0. The first kappa shape index (κ1) is 23.8. The zero-order chi connectivity index (χ0) is 22.1. The lowest BCUT2D eigenvalue weighted by Crippen LogP contribution is -2.38. The van der Waals surface area contributed by atoms with Crippen LogP contribution in [0.25, 0.3) is 0 Å². The lowest BCUT2D eigenvalue weighted by molar-refractivity contribution is -0.0554. The van der Waals surface area contributed by atoms with E-state index in [2.05, 4.69) is 32.6 Å². The summed E-state index contributed by atoms with van der Waals surface area (Å²) < 4.78 is 0. The first-order valence-electron chi connectivity index (χ1n) is 12.2. The third-order valence-corrected chi connectivity index (χ3v) is 8.62. The summed E-state index contributed by atoms with van der Waals surface area (Å²) in [7, 11) is 0. The molecule has 3 N–H and O–H groups in total. The number of hydrogen-bond acceptors (Lipinski definition) is 3. The Hall–Kier alpha value is -0.900. The van der Waals surface area contributed by atoms with E-state index in [9.17, 15) is 15.3 Å². The van der Waals surface area contributed by atoms with Crippen LogP contribution in [0.2, 0.25) is 0 Å². The van der Waals surface area contributed by atoms with Gasteiger partial charge >= 0.3 is 0 Å². The molecule has 30 heavy (non-hydrogen) atoms. The van der Waals surface area contributed by atoms with Gasteiger partial charge in [0.05, 0.1) is 17.8 Å². The SMILES string of the molecule is C=C1CC[C@H](O)C/C1=C\C=C1\CCC[C@]2(C)[C@@H]([C@H](C)CCC(O)C(C)(C)O)CC[C@@H]12. The summed E-state index contributed by atoms with van der Waals surface area (Å²) in [6.45, 7) is 12.5. The van der Waals surface area contributed by atoms with Gasteiger partial charge in [-0.25, -0.2) is 0 Å². The van der Waals surface area contributed by atoms with Crippen LogP contribution in [0, 0.1) is 23.2 Å². The Labute approximate surface area is 184 Å². The highest BCUT2D eigenvalue weighted by atomic mass is 16.3. The minimum absolute atomic E-state index is 0.215. The molecular weight excluding hydrogens is 372 g/mol. The van der Waals surface area contributed by atoms with E-state index in [-0.39, 0.29) is 6.10 Å². The van der Waals surface area contributed by atoms with Gasteiger partial charge in [0, 0.05) is 0 Å². The fraction of sp³-hybridized carbons (Fsp3) is 0.778. The van der Waals surface area contributed by atoms with Crippen LogP contribution in [0.1, 0.15) is 91.9 Å². The molecule has 3 nitrogen and oxygen atoms in total. The zero-order valence-corrected chi connectivity index (χ0v) is 19.7. The van der Waals surface area contributed by atoms with E-state index in [1.54, 1.807) is 19.4 Å². The van der Waals surface area contributed by atoms with E-state index in [4.69, 9.17) is 0 Å². The molecule has 0 bridgehead atoms. The van der Waals surface area contributed by atoms with Crippen molar-refractivity contribution in [3.63, 3.8) is 0 Å². The Morgan fingerprint density at radius 3 is 2.60 bits per heavy atom. The Morgan fingerprint density at radius 2 is 1.90 bits per heavy atom. The number of aliphatic hydroxyl groups excluding tert-OH is 2. The lowest BCUT2D eigenvalue weighted by atomic mass is 9.60. The molecule has 0 radical (unpaired) electrons. The summed E-state index contributed by atoms with van der Waals surface area (Å²) in [5, 5.41) is 30.3. The van der Waals surface area contributed by atoms with Crippen LogP contribution in [-0.2, 0) is 0 Å². The van der Waals surface area contributed by atoms with E-state index in [0.29, 0.717) is 29.6 Å². The number of hydrogen-bond donors (Lipinski definition) is 3. The smallest absolute Gasteiger partial charge is 0.0849 e. The molecule has 0 aromatic carbocycles. The Balaban J connectivity index is 1.69. The Bertz CT molecular complexity index is 683. The van der Waals surface area contributed by atoms with Crippen LogP contribution in [0.15, 0.2) is 35.5 Å². The molecule has 3 heteroatoms. The quantitative estimate of drug-likeness (QED) is 0.520. The predicted molar refractivity (Wildman–Crippen MR) is 124 cm³/mol. The molecule has 0 aromatic rings. The molecular formula is C27H44O3. The van der Waals surface area contributed by atoms with Gasteiger partial charge in [-0.15, -0.1) is 0 Å². The third kappa shape index (κ3) is 5.11. The molecule has 0 heterocycles. The molecule has 170 valence electrons. The second-order valence-electron chi connectivity index (χ2n) is 11.3. The van der Waals surface area contributed by atoms with Crippen LogP contribution < -0.4 is 0 Å². The van der Waals surface area contributed by atoms with Crippen LogP contribution >= 0.6 is 0 Å². The first-order chi connectivity index (χ1) is 14.0.